The second-order valence-corrected chi connectivity index (χ2v) is 4.70. The highest BCUT2D eigenvalue weighted by atomic mass is 16.5. The third-order valence-corrected chi connectivity index (χ3v) is 2.98. The molecule has 0 fully saturated rings. The van der Waals surface area contributed by atoms with Crippen molar-refractivity contribution in [3.05, 3.63) is 83.4 Å². The van der Waals surface area contributed by atoms with Crippen molar-refractivity contribution in [2.75, 3.05) is 7.11 Å². The molecule has 0 unspecified atom stereocenters. The highest BCUT2D eigenvalue weighted by Gasteiger charge is 2.03. The molecule has 0 N–H and O–H groups in total. The molecule has 3 aromatic rings. The molecule has 0 bridgehead atoms. The molecular weight excluding hydrogens is 298 g/mol. The van der Waals surface area contributed by atoms with Gasteiger partial charge in [0.25, 0.3) is 0 Å². The van der Waals surface area contributed by atoms with Gasteiger partial charge in [0.1, 0.15) is 0 Å². The lowest BCUT2D eigenvalue weighted by atomic mass is 10.2. The second kappa shape index (κ2) is 7.58. The molecule has 0 aliphatic carbocycles. The van der Waals surface area contributed by atoms with Crippen molar-refractivity contribution >= 4 is 0 Å². The number of ether oxygens (including phenoxy) is 1. The first kappa shape index (κ1) is 15.3. The molecule has 4 heteroatoms. The Bertz CT molecular complexity index is 870. The molecule has 3 rings (SSSR count). The van der Waals surface area contributed by atoms with E-state index >= 15 is 0 Å². The molecule has 0 saturated heterocycles. The van der Waals surface area contributed by atoms with Gasteiger partial charge in [0.15, 0.2) is 0 Å². The van der Waals surface area contributed by atoms with E-state index in [1.54, 1.807) is 0 Å². The van der Waals surface area contributed by atoms with Gasteiger partial charge >= 0.3 is 6.01 Å². The zero-order chi connectivity index (χ0) is 16.6. The van der Waals surface area contributed by atoms with Crippen LogP contribution < -0.4 is 4.74 Å². The van der Waals surface area contributed by atoms with Gasteiger partial charge in [-0.25, -0.2) is 0 Å². The third-order valence-electron chi connectivity index (χ3n) is 2.98. The van der Waals surface area contributed by atoms with Gasteiger partial charge in [-0.3, -0.25) is 0 Å². The number of benzene rings is 2. The van der Waals surface area contributed by atoms with Gasteiger partial charge in [0.05, 0.1) is 7.11 Å². The Morgan fingerprint density at radius 2 is 1.08 bits per heavy atom. The zero-order valence-corrected chi connectivity index (χ0v) is 13.0. The molecule has 0 atom stereocenters. The molecule has 0 aliphatic rings. The molecule has 1 heterocycles. The summed E-state index contributed by atoms with van der Waals surface area (Å²) in [6.45, 7) is 0. The number of nitrogens with zero attached hydrogens (tertiary/aromatic N) is 3. The first-order valence-electron chi connectivity index (χ1n) is 7.28. The largest absolute Gasteiger partial charge is 0.467 e. The molecular formula is C20H13N3O. The Balaban J connectivity index is 1.92. The number of rotatable bonds is 1. The molecule has 114 valence electrons. The highest BCUT2D eigenvalue weighted by Crippen LogP contribution is 2.03. The van der Waals surface area contributed by atoms with Gasteiger partial charge < -0.3 is 4.74 Å². The fraction of sp³-hybridized carbons (Fsp3) is 0.0500. The van der Waals surface area contributed by atoms with Gasteiger partial charge in [-0.05, 0) is 36.1 Å². The second-order valence-electron chi connectivity index (χ2n) is 4.70. The molecule has 0 saturated carbocycles. The smallest absolute Gasteiger partial charge is 0.321 e. The Labute approximate surface area is 140 Å². The van der Waals surface area contributed by atoms with Crippen LogP contribution in [0.2, 0.25) is 0 Å². The zero-order valence-electron chi connectivity index (χ0n) is 13.0. The van der Waals surface area contributed by atoms with Crippen LogP contribution in [-0.4, -0.2) is 22.1 Å². The van der Waals surface area contributed by atoms with E-state index in [-0.39, 0.29) is 6.01 Å². The quantitative estimate of drug-likeness (QED) is 0.648. The van der Waals surface area contributed by atoms with Crippen LogP contribution in [0.25, 0.3) is 0 Å². The lowest BCUT2D eigenvalue weighted by molar-refractivity contribution is 0.376. The SMILES string of the molecule is COc1nc(C#Cc2ccccc2)nc(C#Cc2ccccc2)n1. The predicted molar refractivity (Wildman–Crippen MR) is 91.2 cm³/mol. The summed E-state index contributed by atoms with van der Waals surface area (Å²) >= 11 is 0. The fourth-order valence-corrected chi connectivity index (χ4v) is 1.86. The molecule has 0 radical (unpaired) electrons. The van der Waals surface area contributed by atoms with E-state index < -0.39 is 0 Å². The molecule has 2 aromatic carbocycles. The summed E-state index contributed by atoms with van der Waals surface area (Å²) in [4.78, 5) is 12.5. The number of hydrogen-bond donors (Lipinski definition) is 0. The van der Waals surface area contributed by atoms with Gasteiger partial charge in [-0.1, -0.05) is 48.2 Å². The van der Waals surface area contributed by atoms with Crippen LogP contribution in [0.1, 0.15) is 22.8 Å². The monoisotopic (exact) mass is 311 g/mol. The molecule has 0 spiro atoms. The molecule has 24 heavy (non-hydrogen) atoms. The van der Waals surface area contributed by atoms with Crippen molar-refractivity contribution in [2.24, 2.45) is 0 Å². The average molecular weight is 311 g/mol. The summed E-state index contributed by atoms with van der Waals surface area (Å²) in [5, 5.41) is 0. The minimum Gasteiger partial charge on any atom is -0.467 e. The van der Waals surface area contributed by atoms with Crippen LogP contribution in [0, 0.1) is 23.7 Å². The topological polar surface area (TPSA) is 47.9 Å². The Morgan fingerprint density at radius 1 is 0.625 bits per heavy atom. The predicted octanol–water partition coefficient (Wildman–Crippen LogP) is 2.68. The van der Waals surface area contributed by atoms with Crippen LogP contribution in [0.3, 0.4) is 0 Å². The van der Waals surface area contributed by atoms with Crippen molar-refractivity contribution < 1.29 is 4.74 Å². The van der Waals surface area contributed by atoms with E-state index in [9.17, 15) is 0 Å². The minimum atomic E-state index is 0.194. The summed E-state index contributed by atoms with van der Waals surface area (Å²) in [6.07, 6.45) is 0. The highest BCUT2D eigenvalue weighted by molar-refractivity contribution is 5.40. The van der Waals surface area contributed by atoms with E-state index in [0.29, 0.717) is 11.6 Å². The van der Waals surface area contributed by atoms with Gasteiger partial charge in [-0.2, -0.15) is 15.0 Å². The van der Waals surface area contributed by atoms with Crippen molar-refractivity contribution in [2.45, 2.75) is 0 Å². The van der Waals surface area contributed by atoms with E-state index in [4.69, 9.17) is 4.74 Å². The Morgan fingerprint density at radius 3 is 1.50 bits per heavy atom. The fourth-order valence-electron chi connectivity index (χ4n) is 1.86. The van der Waals surface area contributed by atoms with Crippen LogP contribution in [0.5, 0.6) is 6.01 Å². The lowest BCUT2D eigenvalue weighted by Crippen LogP contribution is -2.01. The van der Waals surface area contributed by atoms with Crippen molar-refractivity contribution in [1.29, 1.82) is 0 Å². The van der Waals surface area contributed by atoms with Gasteiger partial charge in [-0.15, -0.1) is 0 Å². The Hall–Kier alpha value is -3.63. The van der Waals surface area contributed by atoms with Crippen LogP contribution in [0.15, 0.2) is 60.7 Å². The first-order chi connectivity index (χ1) is 11.8. The maximum atomic E-state index is 5.10. The standard InChI is InChI=1S/C20H13N3O/c1-24-20-22-18(14-12-16-8-4-2-5-9-16)21-19(23-20)15-13-17-10-6-3-7-11-17/h2-11H,1H3. The van der Waals surface area contributed by atoms with Crippen molar-refractivity contribution in [3.8, 4) is 29.7 Å². The minimum absolute atomic E-state index is 0.194. The summed E-state index contributed by atoms with van der Waals surface area (Å²) in [6, 6.07) is 19.4. The van der Waals surface area contributed by atoms with Gasteiger partial charge in [0, 0.05) is 11.1 Å². The maximum absolute atomic E-state index is 5.10. The molecule has 0 amide bonds. The van der Waals surface area contributed by atoms with E-state index in [2.05, 4.69) is 38.6 Å². The van der Waals surface area contributed by atoms with Crippen LogP contribution in [0.4, 0.5) is 0 Å². The summed E-state index contributed by atoms with van der Waals surface area (Å²) in [5.74, 6) is 12.5. The van der Waals surface area contributed by atoms with Gasteiger partial charge in [0.2, 0.25) is 11.6 Å². The molecule has 4 nitrogen and oxygen atoms in total. The maximum Gasteiger partial charge on any atom is 0.321 e. The average Bonchev–Trinajstić information content (AvgIpc) is 2.66. The van der Waals surface area contributed by atoms with Crippen molar-refractivity contribution in [1.82, 2.24) is 15.0 Å². The van der Waals surface area contributed by atoms with Crippen molar-refractivity contribution in [3.63, 3.8) is 0 Å². The molecule has 0 aliphatic heterocycles. The first-order valence-corrected chi connectivity index (χ1v) is 7.28. The van der Waals surface area contributed by atoms with Crippen LogP contribution in [-0.2, 0) is 0 Å². The summed E-state index contributed by atoms with van der Waals surface area (Å²) in [7, 11) is 1.50. The number of aromatic nitrogens is 3. The number of methoxy groups -OCH3 is 1. The van der Waals surface area contributed by atoms with E-state index in [0.717, 1.165) is 11.1 Å². The third kappa shape index (κ3) is 4.19. The van der Waals surface area contributed by atoms with E-state index in [1.165, 1.54) is 7.11 Å². The summed E-state index contributed by atoms with van der Waals surface area (Å²) < 4.78 is 5.10. The lowest BCUT2D eigenvalue weighted by Gasteiger charge is -1.98. The van der Waals surface area contributed by atoms with Crippen LogP contribution >= 0.6 is 0 Å². The summed E-state index contributed by atoms with van der Waals surface area (Å²) in [5.41, 5.74) is 1.77. The number of hydrogen-bond acceptors (Lipinski definition) is 4. The normalized spacial score (nSPS) is 9.21. The van der Waals surface area contributed by atoms with E-state index in [1.807, 2.05) is 60.7 Å². The molecule has 1 aromatic heterocycles. The Kier molecular flexibility index (Phi) is 4.82.